The third-order valence-electron chi connectivity index (χ3n) is 2.57. The maximum atomic E-state index is 12.0. The van der Waals surface area contributed by atoms with Crippen LogP contribution in [0.25, 0.3) is 0 Å². The maximum absolute atomic E-state index is 12.0. The highest BCUT2D eigenvalue weighted by Gasteiger charge is 2.26. The highest BCUT2D eigenvalue weighted by molar-refractivity contribution is 8.14. The highest BCUT2D eigenvalue weighted by Crippen LogP contribution is 2.26. The molecule has 0 aliphatic carbocycles. The zero-order valence-electron chi connectivity index (χ0n) is 10.1. The molecule has 0 saturated heterocycles. The summed E-state index contributed by atoms with van der Waals surface area (Å²) in [6.45, 7) is 1.67. The summed E-state index contributed by atoms with van der Waals surface area (Å²) < 4.78 is 5.01. The lowest BCUT2D eigenvalue weighted by Gasteiger charge is -2.17. The number of cyclic esters (lactones) is 1. The fraction of sp³-hybridized carbons (Fsp3) is 0.231. The molecule has 1 heterocycles. The fourth-order valence-corrected chi connectivity index (χ4v) is 2.37. The van der Waals surface area contributed by atoms with Gasteiger partial charge in [0.15, 0.2) is 5.44 Å². The van der Waals surface area contributed by atoms with Crippen molar-refractivity contribution >= 4 is 28.7 Å². The molecular formula is C13H13NO3S. The fourth-order valence-electron chi connectivity index (χ4n) is 1.50. The zero-order chi connectivity index (χ0) is 13.1. The molecule has 4 nitrogen and oxygen atoms in total. The molecule has 1 aromatic rings. The molecule has 1 aromatic carbocycles. The van der Waals surface area contributed by atoms with Crippen LogP contribution in [0.2, 0.25) is 0 Å². The Morgan fingerprint density at radius 1 is 1.33 bits per heavy atom. The Bertz CT molecular complexity index is 498. The van der Waals surface area contributed by atoms with Crippen molar-refractivity contribution in [2.24, 2.45) is 0 Å². The standard InChI is InChI=1S/C13H13NO3S/c1-9-8-11(17-12(9)15)18-13(16)14(2)10-6-4-3-5-7-10/h3-8,11H,1-2H3. The van der Waals surface area contributed by atoms with E-state index < -0.39 is 5.44 Å². The summed E-state index contributed by atoms with van der Waals surface area (Å²) in [6.07, 6.45) is 1.66. The lowest BCUT2D eigenvalue weighted by molar-refractivity contribution is -0.136. The van der Waals surface area contributed by atoms with E-state index in [1.54, 1.807) is 20.0 Å². The second-order valence-corrected chi connectivity index (χ2v) is 4.95. The Morgan fingerprint density at radius 3 is 2.56 bits per heavy atom. The molecule has 1 atom stereocenters. The quantitative estimate of drug-likeness (QED) is 0.770. The summed E-state index contributed by atoms with van der Waals surface area (Å²) in [7, 11) is 1.69. The summed E-state index contributed by atoms with van der Waals surface area (Å²) >= 11 is 0.985. The highest BCUT2D eigenvalue weighted by atomic mass is 32.2. The number of hydrogen-bond donors (Lipinski definition) is 0. The Hall–Kier alpha value is -1.75. The molecule has 0 spiro atoms. The summed E-state index contributed by atoms with van der Waals surface area (Å²) in [4.78, 5) is 24.7. The molecular weight excluding hydrogens is 250 g/mol. The van der Waals surface area contributed by atoms with Crippen molar-refractivity contribution in [3.05, 3.63) is 42.0 Å². The first-order valence-corrected chi connectivity index (χ1v) is 6.34. The van der Waals surface area contributed by atoms with Crippen LogP contribution in [-0.2, 0) is 9.53 Å². The summed E-state index contributed by atoms with van der Waals surface area (Å²) in [6, 6.07) is 9.31. The molecule has 0 fully saturated rings. The van der Waals surface area contributed by atoms with Gasteiger partial charge in [-0.1, -0.05) is 18.2 Å². The van der Waals surface area contributed by atoms with Gasteiger partial charge in [0, 0.05) is 18.3 Å². The van der Waals surface area contributed by atoms with E-state index in [0.717, 1.165) is 17.4 Å². The number of ether oxygens (including phenoxy) is 1. The molecule has 0 aromatic heterocycles. The van der Waals surface area contributed by atoms with Crippen LogP contribution in [0.3, 0.4) is 0 Å². The first-order valence-electron chi connectivity index (χ1n) is 5.47. The van der Waals surface area contributed by atoms with Crippen molar-refractivity contribution in [2.75, 3.05) is 11.9 Å². The van der Waals surface area contributed by atoms with Crippen LogP contribution in [0.1, 0.15) is 6.92 Å². The molecule has 1 unspecified atom stereocenters. The minimum atomic E-state index is -0.517. The van der Waals surface area contributed by atoms with E-state index in [9.17, 15) is 9.59 Å². The van der Waals surface area contributed by atoms with Crippen LogP contribution < -0.4 is 4.90 Å². The van der Waals surface area contributed by atoms with Crippen molar-refractivity contribution in [1.82, 2.24) is 0 Å². The average Bonchev–Trinajstić information content (AvgIpc) is 2.68. The second kappa shape index (κ2) is 5.27. The van der Waals surface area contributed by atoms with Gasteiger partial charge < -0.3 is 9.64 Å². The van der Waals surface area contributed by atoms with Gasteiger partial charge in [-0.15, -0.1) is 0 Å². The van der Waals surface area contributed by atoms with Gasteiger partial charge in [-0.3, -0.25) is 4.79 Å². The van der Waals surface area contributed by atoms with Gasteiger partial charge in [-0.2, -0.15) is 0 Å². The lowest BCUT2D eigenvalue weighted by atomic mass is 10.3. The van der Waals surface area contributed by atoms with Crippen molar-refractivity contribution in [2.45, 2.75) is 12.4 Å². The normalized spacial score (nSPS) is 18.2. The van der Waals surface area contributed by atoms with Gasteiger partial charge in [0.1, 0.15) is 0 Å². The Kier molecular flexibility index (Phi) is 3.72. The number of hydrogen-bond acceptors (Lipinski definition) is 4. The molecule has 1 aliphatic rings. The molecule has 2 rings (SSSR count). The molecule has 0 bridgehead atoms. The smallest absolute Gasteiger partial charge is 0.335 e. The van der Waals surface area contributed by atoms with Gasteiger partial charge in [0.05, 0.1) is 0 Å². The van der Waals surface area contributed by atoms with Crippen molar-refractivity contribution in [3.63, 3.8) is 0 Å². The van der Waals surface area contributed by atoms with Crippen molar-refractivity contribution in [1.29, 1.82) is 0 Å². The van der Waals surface area contributed by atoms with Crippen molar-refractivity contribution < 1.29 is 14.3 Å². The van der Waals surface area contributed by atoms with E-state index in [1.165, 1.54) is 4.90 Å². The lowest BCUT2D eigenvalue weighted by Crippen LogP contribution is -2.24. The number of carbonyl (C=O) groups excluding carboxylic acids is 2. The summed E-state index contributed by atoms with van der Waals surface area (Å²) in [5, 5.41) is -0.162. The monoisotopic (exact) mass is 263 g/mol. The topological polar surface area (TPSA) is 46.6 Å². The minimum absolute atomic E-state index is 0.162. The zero-order valence-corrected chi connectivity index (χ0v) is 10.9. The van der Waals surface area contributed by atoms with E-state index in [4.69, 9.17) is 4.74 Å². The molecule has 0 radical (unpaired) electrons. The number of carbonyl (C=O) groups is 2. The third-order valence-corrected chi connectivity index (χ3v) is 3.51. The van der Waals surface area contributed by atoms with Crippen LogP contribution >= 0.6 is 11.8 Å². The number of nitrogens with zero attached hydrogens (tertiary/aromatic N) is 1. The molecule has 0 saturated carbocycles. The van der Waals surface area contributed by atoms with Gasteiger partial charge in [0.2, 0.25) is 0 Å². The molecule has 5 heteroatoms. The maximum Gasteiger partial charge on any atom is 0.335 e. The van der Waals surface area contributed by atoms with E-state index in [0.29, 0.717) is 5.57 Å². The van der Waals surface area contributed by atoms with Gasteiger partial charge in [-0.25, -0.2) is 4.79 Å². The van der Waals surface area contributed by atoms with Crippen LogP contribution in [-0.4, -0.2) is 23.7 Å². The third kappa shape index (κ3) is 2.73. The SMILES string of the molecule is CC1=CC(SC(=O)N(C)c2ccccc2)OC1=O. The van der Waals surface area contributed by atoms with Crippen molar-refractivity contribution in [3.8, 4) is 0 Å². The first kappa shape index (κ1) is 12.7. The van der Waals surface area contributed by atoms with Gasteiger partial charge in [-0.05, 0) is 36.9 Å². The first-order chi connectivity index (χ1) is 8.58. The average molecular weight is 263 g/mol. The van der Waals surface area contributed by atoms with Crippen LogP contribution in [0.5, 0.6) is 0 Å². The van der Waals surface area contributed by atoms with Gasteiger partial charge in [0.25, 0.3) is 5.24 Å². The molecule has 18 heavy (non-hydrogen) atoms. The number of esters is 1. The summed E-state index contributed by atoms with van der Waals surface area (Å²) in [5.74, 6) is -0.359. The number of thioether (sulfide) groups is 1. The number of para-hydroxylation sites is 1. The number of benzene rings is 1. The number of rotatable bonds is 2. The van der Waals surface area contributed by atoms with E-state index >= 15 is 0 Å². The Labute approximate surface area is 110 Å². The molecule has 1 amide bonds. The number of amides is 1. The van der Waals surface area contributed by atoms with E-state index in [-0.39, 0.29) is 11.2 Å². The van der Waals surface area contributed by atoms with Crippen LogP contribution in [0.15, 0.2) is 42.0 Å². The minimum Gasteiger partial charge on any atom is -0.443 e. The molecule has 0 N–H and O–H groups in total. The van der Waals surface area contributed by atoms with E-state index in [1.807, 2.05) is 30.3 Å². The molecule has 94 valence electrons. The van der Waals surface area contributed by atoms with E-state index in [2.05, 4.69) is 0 Å². The van der Waals surface area contributed by atoms with Crippen LogP contribution in [0, 0.1) is 0 Å². The number of anilines is 1. The Balaban J connectivity index is 1.99. The Morgan fingerprint density at radius 2 is 2.00 bits per heavy atom. The molecule has 1 aliphatic heterocycles. The van der Waals surface area contributed by atoms with Gasteiger partial charge >= 0.3 is 5.97 Å². The second-order valence-electron chi connectivity index (χ2n) is 3.90. The predicted octanol–water partition coefficient (Wildman–Crippen LogP) is 2.81. The largest absolute Gasteiger partial charge is 0.443 e. The summed E-state index contributed by atoms with van der Waals surface area (Å²) in [5.41, 5.74) is 0.832. The van der Waals surface area contributed by atoms with Crippen LogP contribution in [0.4, 0.5) is 10.5 Å². The predicted molar refractivity (Wildman–Crippen MR) is 71.5 cm³/mol.